The fourth-order valence-corrected chi connectivity index (χ4v) is 2.94. The molecule has 0 unspecified atom stereocenters. The normalized spacial score (nSPS) is 8.82. The molecule has 0 heteroatoms. The van der Waals surface area contributed by atoms with E-state index in [4.69, 9.17) is 0 Å². The Morgan fingerprint density at radius 1 is 0.294 bits per heavy atom. The van der Waals surface area contributed by atoms with Gasteiger partial charge in [-0.2, -0.15) is 0 Å². The Morgan fingerprint density at radius 3 is 0.706 bits per heavy atom. The molecule has 0 nitrogen and oxygen atoms in total. The van der Waals surface area contributed by atoms with Crippen molar-refractivity contribution >= 4 is 0 Å². The van der Waals surface area contributed by atoms with Crippen molar-refractivity contribution in [2.24, 2.45) is 0 Å². The lowest BCUT2D eigenvalue weighted by Crippen LogP contribution is -1.86. The van der Waals surface area contributed by atoms with Crippen LogP contribution in [0.3, 0.4) is 0 Å². The van der Waals surface area contributed by atoms with E-state index >= 15 is 0 Å². The molecule has 0 radical (unpaired) electrons. The van der Waals surface area contributed by atoms with Crippen LogP contribution < -0.4 is 0 Å². The van der Waals surface area contributed by atoms with Crippen LogP contribution in [0.15, 0.2) is 132 Å². The first-order valence-corrected chi connectivity index (χ1v) is 10.9. The predicted octanol–water partition coefficient (Wildman–Crippen LogP) is 6.49. The second-order valence-corrected chi connectivity index (χ2v) is 7.21. The lowest BCUT2D eigenvalue weighted by Gasteiger charge is -1.94. The lowest BCUT2D eigenvalue weighted by molar-refractivity contribution is 1.62. The second kappa shape index (κ2) is 12.0. The van der Waals surface area contributed by atoms with E-state index in [0.717, 1.165) is 22.3 Å². The standard InChI is InChI=1S/C34H20/c1-5-13-29(14-6-1)21-25-33(26-22-30-15-7-2-8-16-30)34(27-23-31-17-9-3-10-18-31)28-24-32-19-11-4-12-20-32/h1-20H. The zero-order valence-corrected chi connectivity index (χ0v) is 18.5. The molecule has 0 atom stereocenters. The highest BCUT2D eigenvalue weighted by Crippen LogP contribution is 2.07. The molecule has 0 aliphatic rings. The summed E-state index contributed by atoms with van der Waals surface area (Å²) < 4.78 is 0. The third kappa shape index (κ3) is 6.94. The molecule has 0 heterocycles. The summed E-state index contributed by atoms with van der Waals surface area (Å²) in [6.07, 6.45) is 0. The van der Waals surface area contributed by atoms with Gasteiger partial charge in [0.05, 0.1) is 11.1 Å². The zero-order chi connectivity index (χ0) is 23.3. The van der Waals surface area contributed by atoms with Crippen molar-refractivity contribution in [2.75, 3.05) is 0 Å². The SMILES string of the molecule is C(#Cc1ccccc1)C(C#Cc1ccccc1)=C(C#Cc1ccccc1)C#Cc1ccccc1. The maximum absolute atomic E-state index is 3.23. The number of allylic oxidation sites excluding steroid dienone is 2. The Bertz CT molecular complexity index is 1270. The lowest BCUT2D eigenvalue weighted by atomic mass is 10.1. The van der Waals surface area contributed by atoms with Crippen LogP contribution in [0, 0.1) is 47.4 Å². The Balaban J connectivity index is 1.86. The zero-order valence-electron chi connectivity index (χ0n) is 18.5. The van der Waals surface area contributed by atoms with Crippen LogP contribution in [0.25, 0.3) is 0 Å². The topological polar surface area (TPSA) is 0 Å². The molecule has 0 aromatic heterocycles. The molecule has 0 N–H and O–H groups in total. The van der Waals surface area contributed by atoms with Gasteiger partial charge in [0, 0.05) is 22.3 Å². The molecule has 0 aliphatic heterocycles. The summed E-state index contributed by atoms with van der Waals surface area (Å²) in [6.45, 7) is 0. The van der Waals surface area contributed by atoms with Crippen molar-refractivity contribution in [1.29, 1.82) is 0 Å². The average molecular weight is 429 g/mol. The van der Waals surface area contributed by atoms with Gasteiger partial charge in [0.15, 0.2) is 0 Å². The molecule has 0 spiro atoms. The molecule has 0 amide bonds. The predicted molar refractivity (Wildman–Crippen MR) is 140 cm³/mol. The Morgan fingerprint density at radius 2 is 0.500 bits per heavy atom. The smallest absolute Gasteiger partial charge is 0.0622 e. The third-order valence-corrected chi connectivity index (χ3v) is 4.67. The van der Waals surface area contributed by atoms with Gasteiger partial charge >= 0.3 is 0 Å². The summed E-state index contributed by atoms with van der Waals surface area (Å²) in [4.78, 5) is 0. The molecule has 4 aromatic rings. The first-order chi connectivity index (χ1) is 16.9. The van der Waals surface area contributed by atoms with Gasteiger partial charge in [0.25, 0.3) is 0 Å². The van der Waals surface area contributed by atoms with Gasteiger partial charge in [-0.05, 0) is 48.5 Å². The molecule has 34 heavy (non-hydrogen) atoms. The monoisotopic (exact) mass is 428 g/mol. The molecular weight excluding hydrogens is 408 g/mol. The molecule has 4 rings (SSSR count). The van der Waals surface area contributed by atoms with Crippen LogP contribution in [-0.2, 0) is 0 Å². The van der Waals surface area contributed by atoms with Crippen LogP contribution in [0.4, 0.5) is 0 Å². The van der Waals surface area contributed by atoms with E-state index in [1.165, 1.54) is 0 Å². The minimum absolute atomic E-state index is 0.597. The molecule has 0 saturated carbocycles. The highest BCUT2D eigenvalue weighted by molar-refractivity contribution is 5.64. The first kappa shape index (κ1) is 22.1. The number of rotatable bonds is 0. The summed E-state index contributed by atoms with van der Waals surface area (Å²) in [6, 6.07) is 39.4. The van der Waals surface area contributed by atoms with Gasteiger partial charge in [0.1, 0.15) is 0 Å². The molecular formula is C34H20. The molecule has 0 bridgehead atoms. The second-order valence-electron chi connectivity index (χ2n) is 7.21. The number of hydrogen-bond donors (Lipinski definition) is 0. The van der Waals surface area contributed by atoms with Crippen molar-refractivity contribution in [3.05, 3.63) is 155 Å². The molecule has 0 fully saturated rings. The quantitative estimate of drug-likeness (QED) is 0.281. The fraction of sp³-hybridized carbons (Fsp3) is 0. The van der Waals surface area contributed by atoms with Crippen molar-refractivity contribution < 1.29 is 0 Å². The minimum Gasteiger partial charge on any atom is -0.0622 e. The Kier molecular flexibility index (Phi) is 7.81. The molecule has 0 saturated heterocycles. The average Bonchev–Trinajstić information content (AvgIpc) is 2.91. The van der Waals surface area contributed by atoms with Crippen LogP contribution >= 0.6 is 0 Å². The van der Waals surface area contributed by atoms with E-state index in [9.17, 15) is 0 Å². The number of hydrogen-bond acceptors (Lipinski definition) is 0. The van der Waals surface area contributed by atoms with Gasteiger partial charge in [-0.15, -0.1) is 0 Å². The summed E-state index contributed by atoms with van der Waals surface area (Å²) >= 11 is 0. The van der Waals surface area contributed by atoms with Crippen molar-refractivity contribution in [3.8, 4) is 47.4 Å². The van der Waals surface area contributed by atoms with Crippen molar-refractivity contribution in [1.82, 2.24) is 0 Å². The maximum atomic E-state index is 3.23. The number of benzene rings is 4. The van der Waals surface area contributed by atoms with Crippen LogP contribution in [0.5, 0.6) is 0 Å². The van der Waals surface area contributed by atoms with Crippen molar-refractivity contribution in [2.45, 2.75) is 0 Å². The van der Waals surface area contributed by atoms with Crippen LogP contribution in [-0.4, -0.2) is 0 Å². The van der Waals surface area contributed by atoms with E-state index in [2.05, 4.69) is 47.4 Å². The summed E-state index contributed by atoms with van der Waals surface area (Å²) in [7, 11) is 0. The van der Waals surface area contributed by atoms with Crippen LogP contribution in [0.2, 0.25) is 0 Å². The first-order valence-electron chi connectivity index (χ1n) is 10.9. The summed E-state index contributed by atoms with van der Waals surface area (Å²) in [5.41, 5.74) is 4.83. The van der Waals surface area contributed by atoms with Gasteiger partial charge in [0.2, 0.25) is 0 Å². The third-order valence-electron chi connectivity index (χ3n) is 4.67. The van der Waals surface area contributed by atoms with E-state index < -0.39 is 0 Å². The van der Waals surface area contributed by atoms with E-state index in [1.807, 2.05) is 121 Å². The molecule has 4 aromatic carbocycles. The van der Waals surface area contributed by atoms with Gasteiger partial charge in [-0.1, -0.05) is 120 Å². The van der Waals surface area contributed by atoms with E-state index in [1.54, 1.807) is 0 Å². The Hall–Kier alpha value is -5.14. The van der Waals surface area contributed by atoms with Crippen molar-refractivity contribution in [3.63, 3.8) is 0 Å². The summed E-state index contributed by atoms with van der Waals surface area (Å²) in [5.74, 6) is 25.8. The van der Waals surface area contributed by atoms with Gasteiger partial charge in [-0.25, -0.2) is 0 Å². The van der Waals surface area contributed by atoms with Gasteiger partial charge in [-0.3, -0.25) is 0 Å². The van der Waals surface area contributed by atoms with Crippen LogP contribution in [0.1, 0.15) is 22.3 Å². The molecule has 0 aliphatic carbocycles. The highest BCUT2D eigenvalue weighted by Gasteiger charge is 1.99. The van der Waals surface area contributed by atoms with E-state index in [-0.39, 0.29) is 0 Å². The van der Waals surface area contributed by atoms with Gasteiger partial charge < -0.3 is 0 Å². The maximum Gasteiger partial charge on any atom is 0.0993 e. The molecule has 156 valence electrons. The fourth-order valence-electron chi connectivity index (χ4n) is 2.94. The van der Waals surface area contributed by atoms with E-state index in [0.29, 0.717) is 11.1 Å². The summed E-state index contributed by atoms with van der Waals surface area (Å²) in [5, 5.41) is 0. The minimum atomic E-state index is 0.597. The Labute approximate surface area is 202 Å². The largest absolute Gasteiger partial charge is 0.0993 e. The highest BCUT2D eigenvalue weighted by atomic mass is 14.0.